The van der Waals surface area contributed by atoms with Crippen LogP contribution in [0, 0.1) is 0 Å². The maximum Gasteiger partial charge on any atom is 0.230 e. The molecule has 0 aromatic heterocycles. The van der Waals surface area contributed by atoms with Gasteiger partial charge in [0.25, 0.3) is 0 Å². The summed E-state index contributed by atoms with van der Waals surface area (Å²) >= 11 is 0. The zero-order chi connectivity index (χ0) is 16.0. The highest BCUT2D eigenvalue weighted by molar-refractivity contribution is 5.88. The van der Waals surface area contributed by atoms with Crippen LogP contribution in [0.3, 0.4) is 0 Å². The Labute approximate surface area is 134 Å². The monoisotopic (exact) mass is 302 g/mol. The van der Waals surface area contributed by atoms with Crippen molar-refractivity contribution in [2.45, 2.75) is 57.3 Å². The van der Waals surface area contributed by atoms with Crippen molar-refractivity contribution in [3.63, 3.8) is 0 Å². The number of benzene rings is 1. The van der Waals surface area contributed by atoms with Crippen LogP contribution in [0.4, 0.5) is 0 Å². The molecular formula is C19H30N2O. The van der Waals surface area contributed by atoms with E-state index in [0.717, 1.165) is 45.2 Å². The predicted molar refractivity (Wildman–Crippen MR) is 92.2 cm³/mol. The van der Waals surface area contributed by atoms with Gasteiger partial charge in [-0.05, 0) is 49.9 Å². The number of hydrogen-bond donors (Lipinski definition) is 2. The normalized spacial score (nSPS) is 16.9. The van der Waals surface area contributed by atoms with Gasteiger partial charge in [0.1, 0.15) is 0 Å². The van der Waals surface area contributed by atoms with E-state index in [1.54, 1.807) is 0 Å². The number of carbonyl (C=O) groups is 1. The SMILES string of the molecule is CNCCCNC(=O)C1(c2ccc(C(C)C)cc2)CCCC1. The molecule has 122 valence electrons. The summed E-state index contributed by atoms with van der Waals surface area (Å²) in [6.45, 7) is 6.10. The van der Waals surface area contributed by atoms with Gasteiger partial charge in [0.2, 0.25) is 5.91 Å². The number of carbonyl (C=O) groups excluding carboxylic acids is 1. The maximum atomic E-state index is 12.8. The molecule has 0 atom stereocenters. The van der Waals surface area contributed by atoms with Crippen LogP contribution >= 0.6 is 0 Å². The Morgan fingerprint density at radius 2 is 1.77 bits per heavy atom. The highest BCUT2D eigenvalue weighted by Crippen LogP contribution is 2.41. The molecule has 0 bridgehead atoms. The van der Waals surface area contributed by atoms with Crippen molar-refractivity contribution in [1.82, 2.24) is 10.6 Å². The second-order valence-electron chi connectivity index (χ2n) is 6.78. The summed E-state index contributed by atoms with van der Waals surface area (Å²) in [6.07, 6.45) is 5.23. The predicted octanol–water partition coefficient (Wildman–Crippen LogP) is 3.35. The van der Waals surface area contributed by atoms with E-state index in [9.17, 15) is 4.79 Å². The first-order chi connectivity index (χ1) is 10.6. The van der Waals surface area contributed by atoms with Crippen LogP contribution in [0.2, 0.25) is 0 Å². The first-order valence-corrected chi connectivity index (χ1v) is 8.63. The third-order valence-corrected chi connectivity index (χ3v) is 4.91. The Kier molecular flexibility index (Phi) is 6.01. The second kappa shape index (κ2) is 7.77. The van der Waals surface area contributed by atoms with Gasteiger partial charge in [0, 0.05) is 6.54 Å². The molecule has 1 aliphatic rings. The lowest BCUT2D eigenvalue weighted by molar-refractivity contribution is -0.126. The molecule has 1 fully saturated rings. The zero-order valence-electron chi connectivity index (χ0n) is 14.2. The van der Waals surface area contributed by atoms with Crippen molar-refractivity contribution >= 4 is 5.91 Å². The van der Waals surface area contributed by atoms with E-state index in [1.165, 1.54) is 11.1 Å². The highest BCUT2D eigenvalue weighted by Gasteiger charge is 2.42. The van der Waals surface area contributed by atoms with Crippen LogP contribution in [-0.4, -0.2) is 26.0 Å². The zero-order valence-corrected chi connectivity index (χ0v) is 14.2. The number of hydrogen-bond acceptors (Lipinski definition) is 2. The lowest BCUT2D eigenvalue weighted by atomic mass is 9.77. The Bertz CT molecular complexity index is 473. The average Bonchev–Trinajstić information content (AvgIpc) is 3.02. The van der Waals surface area contributed by atoms with Crippen molar-refractivity contribution in [2.75, 3.05) is 20.1 Å². The molecule has 0 radical (unpaired) electrons. The Hall–Kier alpha value is -1.35. The van der Waals surface area contributed by atoms with Gasteiger partial charge in [-0.15, -0.1) is 0 Å². The van der Waals surface area contributed by atoms with Gasteiger partial charge in [0.15, 0.2) is 0 Å². The van der Waals surface area contributed by atoms with Crippen molar-refractivity contribution in [2.24, 2.45) is 0 Å². The first-order valence-electron chi connectivity index (χ1n) is 8.63. The number of amides is 1. The van der Waals surface area contributed by atoms with E-state index in [2.05, 4.69) is 48.7 Å². The van der Waals surface area contributed by atoms with Gasteiger partial charge < -0.3 is 10.6 Å². The largest absolute Gasteiger partial charge is 0.355 e. The number of nitrogens with one attached hydrogen (secondary N) is 2. The quantitative estimate of drug-likeness (QED) is 0.758. The van der Waals surface area contributed by atoms with E-state index < -0.39 is 0 Å². The summed E-state index contributed by atoms with van der Waals surface area (Å²) in [5.74, 6) is 0.752. The molecule has 22 heavy (non-hydrogen) atoms. The fourth-order valence-corrected chi connectivity index (χ4v) is 3.45. The average molecular weight is 302 g/mol. The topological polar surface area (TPSA) is 41.1 Å². The minimum Gasteiger partial charge on any atom is -0.355 e. The summed E-state index contributed by atoms with van der Waals surface area (Å²) in [6, 6.07) is 8.73. The van der Waals surface area contributed by atoms with Crippen molar-refractivity contribution < 1.29 is 4.79 Å². The summed E-state index contributed by atoms with van der Waals surface area (Å²) in [5, 5.41) is 6.27. The van der Waals surface area contributed by atoms with Crippen molar-refractivity contribution in [3.05, 3.63) is 35.4 Å². The van der Waals surface area contributed by atoms with E-state index in [0.29, 0.717) is 5.92 Å². The van der Waals surface area contributed by atoms with E-state index in [-0.39, 0.29) is 11.3 Å². The minimum atomic E-state index is -0.296. The van der Waals surface area contributed by atoms with Crippen LogP contribution in [0.5, 0.6) is 0 Å². The van der Waals surface area contributed by atoms with Gasteiger partial charge in [-0.25, -0.2) is 0 Å². The smallest absolute Gasteiger partial charge is 0.230 e. The fraction of sp³-hybridized carbons (Fsp3) is 0.632. The van der Waals surface area contributed by atoms with Gasteiger partial charge in [0.05, 0.1) is 5.41 Å². The Morgan fingerprint density at radius 3 is 2.32 bits per heavy atom. The Balaban J connectivity index is 2.12. The van der Waals surface area contributed by atoms with Crippen LogP contribution in [-0.2, 0) is 10.2 Å². The summed E-state index contributed by atoms with van der Waals surface area (Å²) in [5.41, 5.74) is 2.24. The summed E-state index contributed by atoms with van der Waals surface area (Å²) in [7, 11) is 1.94. The molecule has 1 aliphatic carbocycles. The molecule has 1 amide bonds. The molecule has 0 spiro atoms. The minimum absolute atomic E-state index is 0.221. The van der Waals surface area contributed by atoms with Crippen LogP contribution in [0.25, 0.3) is 0 Å². The van der Waals surface area contributed by atoms with E-state index in [1.807, 2.05) is 7.05 Å². The Morgan fingerprint density at radius 1 is 1.14 bits per heavy atom. The van der Waals surface area contributed by atoms with E-state index >= 15 is 0 Å². The third-order valence-electron chi connectivity index (χ3n) is 4.91. The van der Waals surface area contributed by atoms with E-state index in [4.69, 9.17) is 0 Å². The van der Waals surface area contributed by atoms with Crippen molar-refractivity contribution in [3.8, 4) is 0 Å². The third kappa shape index (κ3) is 3.70. The summed E-state index contributed by atoms with van der Waals surface area (Å²) < 4.78 is 0. The summed E-state index contributed by atoms with van der Waals surface area (Å²) in [4.78, 5) is 12.8. The lowest BCUT2D eigenvalue weighted by Gasteiger charge is -2.28. The van der Waals surface area contributed by atoms with Crippen molar-refractivity contribution in [1.29, 1.82) is 0 Å². The first kappa shape index (κ1) is 17.0. The molecule has 3 nitrogen and oxygen atoms in total. The maximum absolute atomic E-state index is 12.8. The number of rotatable bonds is 7. The van der Waals surface area contributed by atoms with Crippen LogP contribution < -0.4 is 10.6 Å². The fourth-order valence-electron chi connectivity index (χ4n) is 3.45. The molecule has 3 heteroatoms. The molecule has 0 unspecified atom stereocenters. The highest BCUT2D eigenvalue weighted by atomic mass is 16.2. The van der Waals surface area contributed by atoms with Gasteiger partial charge >= 0.3 is 0 Å². The van der Waals surface area contributed by atoms with Gasteiger partial charge in [-0.2, -0.15) is 0 Å². The molecule has 0 aliphatic heterocycles. The molecule has 1 aromatic rings. The molecular weight excluding hydrogens is 272 g/mol. The molecule has 0 saturated heterocycles. The molecule has 0 heterocycles. The lowest BCUT2D eigenvalue weighted by Crippen LogP contribution is -2.43. The standard InChI is InChI=1S/C19H30N2O/c1-15(2)16-7-9-17(10-8-16)19(11-4-5-12-19)18(22)21-14-6-13-20-3/h7-10,15,20H,4-6,11-14H2,1-3H3,(H,21,22). The molecule has 1 saturated carbocycles. The second-order valence-corrected chi connectivity index (χ2v) is 6.78. The molecule has 2 rings (SSSR count). The van der Waals surface area contributed by atoms with Crippen LogP contribution in [0.1, 0.15) is 63.0 Å². The van der Waals surface area contributed by atoms with Gasteiger partial charge in [-0.1, -0.05) is 51.0 Å². The molecule has 1 aromatic carbocycles. The molecule has 2 N–H and O–H groups in total. The van der Waals surface area contributed by atoms with Crippen LogP contribution in [0.15, 0.2) is 24.3 Å². The van der Waals surface area contributed by atoms with Gasteiger partial charge in [-0.3, -0.25) is 4.79 Å².